The highest BCUT2D eigenvalue weighted by Gasteiger charge is 2.11. The number of allylic oxidation sites excluding steroid dienone is 1. The highest BCUT2D eigenvalue weighted by Crippen LogP contribution is 2.13. The van der Waals surface area contributed by atoms with E-state index in [0.29, 0.717) is 12.5 Å². The zero-order valence-corrected chi connectivity index (χ0v) is 9.05. The van der Waals surface area contributed by atoms with Crippen LogP contribution >= 0.6 is 0 Å². The lowest BCUT2D eigenvalue weighted by atomic mass is 9.99. The molecule has 0 aliphatic carbocycles. The molecule has 0 aromatic carbocycles. The highest BCUT2D eigenvalue weighted by atomic mass is 16.5. The van der Waals surface area contributed by atoms with Crippen LogP contribution in [0.25, 0.3) is 0 Å². The average Bonchev–Trinajstić information content (AvgIpc) is 1.95. The lowest BCUT2D eigenvalue weighted by molar-refractivity contribution is 0.189. The molecule has 0 radical (unpaired) electrons. The second-order valence-electron chi connectivity index (χ2n) is 4.24. The average molecular weight is 181 g/mol. The van der Waals surface area contributed by atoms with E-state index >= 15 is 0 Å². The fourth-order valence-electron chi connectivity index (χ4n) is 0.615. The molecule has 0 aliphatic heterocycles. The summed E-state index contributed by atoms with van der Waals surface area (Å²) in [6.07, 6.45) is 1.60. The van der Waals surface area contributed by atoms with Gasteiger partial charge in [0.05, 0.1) is 6.61 Å². The van der Waals surface area contributed by atoms with Gasteiger partial charge in [0.1, 0.15) is 0 Å². The minimum atomic E-state index is 0.138. The largest absolute Gasteiger partial charge is 0.477 e. The fraction of sp³-hybridized carbons (Fsp3) is 0.545. The molecule has 0 aromatic heterocycles. The number of hydrogen-bond acceptors (Lipinski definition) is 2. The summed E-state index contributed by atoms with van der Waals surface area (Å²) < 4.78 is 5.44. The summed E-state index contributed by atoms with van der Waals surface area (Å²) in [6.45, 7) is 16.1. The standard InChI is InChI=1S/C11H19NO/c1-7-10(12-9(2)3)13-8-11(4,5)6/h7H,1-2,8H2,3-6H3. The molecule has 0 saturated carbocycles. The zero-order valence-electron chi connectivity index (χ0n) is 9.05. The molecule has 0 amide bonds. The Labute approximate surface area is 81.0 Å². The van der Waals surface area contributed by atoms with Gasteiger partial charge in [0, 0.05) is 5.70 Å². The maximum atomic E-state index is 5.44. The van der Waals surface area contributed by atoms with Crippen LogP contribution in [0.3, 0.4) is 0 Å². The van der Waals surface area contributed by atoms with Gasteiger partial charge in [0.25, 0.3) is 0 Å². The predicted molar refractivity (Wildman–Crippen MR) is 57.9 cm³/mol. The van der Waals surface area contributed by atoms with Gasteiger partial charge in [-0.15, -0.1) is 0 Å². The van der Waals surface area contributed by atoms with Crippen molar-refractivity contribution >= 4 is 5.90 Å². The van der Waals surface area contributed by atoms with Gasteiger partial charge in [-0.25, -0.2) is 4.99 Å². The summed E-state index contributed by atoms with van der Waals surface area (Å²) in [7, 11) is 0. The summed E-state index contributed by atoms with van der Waals surface area (Å²) in [6, 6.07) is 0. The first-order valence-electron chi connectivity index (χ1n) is 4.34. The van der Waals surface area contributed by atoms with E-state index in [-0.39, 0.29) is 5.41 Å². The number of aliphatic imine (C=N–C) groups is 1. The highest BCUT2D eigenvalue weighted by molar-refractivity contribution is 5.87. The molecular formula is C11H19NO. The lowest BCUT2D eigenvalue weighted by Gasteiger charge is -2.18. The normalized spacial score (nSPS) is 12.5. The van der Waals surface area contributed by atoms with E-state index < -0.39 is 0 Å². The molecule has 0 heterocycles. The molecule has 0 rings (SSSR count). The summed E-state index contributed by atoms with van der Waals surface area (Å²) in [5.41, 5.74) is 0.864. The second kappa shape index (κ2) is 4.85. The molecule has 2 nitrogen and oxygen atoms in total. The van der Waals surface area contributed by atoms with Crippen molar-refractivity contribution in [1.29, 1.82) is 0 Å². The Bertz CT molecular complexity index is 221. The lowest BCUT2D eigenvalue weighted by Crippen LogP contribution is -2.17. The van der Waals surface area contributed by atoms with Crippen LogP contribution < -0.4 is 0 Å². The SMILES string of the molecule is C=CC(=NC(=C)C)OCC(C)(C)C. The van der Waals surface area contributed by atoms with Crippen LogP contribution in [-0.2, 0) is 4.74 Å². The van der Waals surface area contributed by atoms with Crippen LogP contribution in [0.5, 0.6) is 0 Å². The van der Waals surface area contributed by atoms with Crippen molar-refractivity contribution in [2.75, 3.05) is 6.61 Å². The van der Waals surface area contributed by atoms with Crippen molar-refractivity contribution in [3.8, 4) is 0 Å². The third kappa shape index (κ3) is 7.32. The molecule has 0 saturated heterocycles. The van der Waals surface area contributed by atoms with E-state index in [2.05, 4.69) is 38.9 Å². The Morgan fingerprint density at radius 2 is 2.00 bits per heavy atom. The van der Waals surface area contributed by atoms with E-state index in [1.54, 1.807) is 6.08 Å². The molecule has 0 spiro atoms. The first-order valence-corrected chi connectivity index (χ1v) is 4.34. The van der Waals surface area contributed by atoms with Gasteiger partial charge in [-0.1, -0.05) is 33.9 Å². The van der Waals surface area contributed by atoms with Gasteiger partial charge in [0.2, 0.25) is 5.90 Å². The van der Waals surface area contributed by atoms with Crippen molar-refractivity contribution in [3.63, 3.8) is 0 Å². The minimum Gasteiger partial charge on any atom is -0.477 e. The van der Waals surface area contributed by atoms with Crippen molar-refractivity contribution in [2.45, 2.75) is 27.7 Å². The van der Waals surface area contributed by atoms with Crippen LogP contribution in [0.1, 0.15) is 27.7 Å². The fourth-order valence-corrected chi connectivity index (χ4v) is 0.615. The molecule has 0 aromatic rings. The van der Waals surface area contributed by atoms with Crippen molar-refractivity contribution in [1.82, 2.24) is 0 Å². The Balaban J connectivity index is 4.16. The summed E-state index contributed by atoms with van der Waals surface area (Å²) in [4.78, 5) is 4.08. The van der Waals surface area contributed by atoms with E-state index in [4.69, 9.17) is 4.74 Å². The molecule has 0 aliphatic rings. The first kappa shape index (κ1) is 11.9. The smallest absolute Gasteiger partial charge is 0.212 e. The molecule has 13 heavy (non-hydrogen) atoms. The van der Waals surface area contributed by atoms with Gasteiger partial charge in [-0.2, -0.15) is 0 Å². The third-order valence-electron chi connectivity index (χ3n) is 1.13. The van der Waals surface area contributed by atoms with Crippen LogP contribution in [0.2, 0.25) is 0 Å². The topological polar surface area (TPSA) is 21.6 Å². The first-order chi connectivity index (χ1) is 5.85. The number of hydrogen-bond donors (Lipinski definition) is 0. The van der Waals surface area contributed by atoms with Crippen LogP contribution in [0.4, 0.5) is 0 Å². The molecular weight excluding hydrogens is 162 g/mol. The Hall–Kier alpha value is -1.05. The van der Waals surface area contributed by atoms with Gasteiger partial charge < -0.3 is 4.74 Å². The minimum absolute atomic E-state index is 0.138. The van der Waals surface area contributed by atoms with Crippen LogP contribution in [0, 0.1) is 5.41 Å². The quantitative estimate of drug-likeness (QED) is 0.484. The third-order valence-corrected chi connectivity index (χ3v) is 1.13. The van der Waals surface area contributed by atoms with E-state index in [0.717, 1.165) is 5.70 Å². The molecule has 0 N–H and O–H groups in total. The summed E-state index contributed by atoms with van der Waals surface area (Å²) >= 11 is 0. The van der Waals surface area contributed by atoms with Crippen molar-refractivity contribution < 1.29 is 4.74 Å². The number of ether oxygens (including phenoxy) is 1. The molecule has 0 atom stereocenters. The van der Waals surface area contributed by atoms with E-state index in [1.165, 1.54) is 0 Å². The summed E-state index contributed by atoms with van der Waals surface area (Å²) in [5, 5.41) is 0. The summed E-state index contributed by atoms with van der Waals surface area (Å²) in [5.74, 6) is 0.544. The Morgan fingerprint density at radius 1 is 1.46 bits per heavy atom. The maximum Gasteiger partial charge on any atom is 0.212 e. The number of nitrogens with zero attached hydrogens (tertiary/aromatic N) is 1. The second-order valence-corrected chi connectivity index (χ2v) is 4.24. The van der Waals surface area contributed by atoms with Crippen LogP contribution in [0.15, 0.2) is 29.9 Å². The van der Waals surface area contributed by atoms with Gasteiger partial charge in [-0.05, 0) is 18.4 Å². The molecule has 0 bridgehead atoms. The Kier molecular flexibility index (Phi) is 4.46. The molecule has 0 unspecified atom stereocenters. The molecule has 0 fully saturated rings. The number of rotatable bonds is 3. The van der Waals surface area contributed by atoms with Crippen molar-refractivity contribution in [2.24, 2.45) is 10.4 Å². The van der Waals surface area contributed by atoms with E-state index in [9.17, 15) is 0 Å². The molecule has 74 valence electrons. The van der Waals surface area contributed by atoms with E-state index in [1.807, 2.05) is 6.92 Å². The molecule has 2 heteroatoms. The van der Waals surface area contributed by atoms with Crippen molar-refractivity contribution in [3.05, 3.63) is 24.9 Å². The van der Waals surface area contributed by atoms with Gasteiger partial charge in [0.15, 0.2) is 0 Å². The Morgan fingerprint density at radius 3 is 2.31 bits per heavy atom. The van der Waals surface area contributed by atoms with Gasteiger partial charge in [-0.3, -0.25) is 0 Å². The predicted octanol–water partition coefficient (Wildman–Crippen LogP) is 3.17. The van der Waals surface area contributed by atoms with Crippen LogP contribution in [-0.4, -0.2) is 12.5 Å². The van der Waals surface area contributed by atoms with Gasteiger partial charge >= 0.3 is 0 Å². The monoisotopic (exact) mass is 181 g/mol. The maximum absolute atomic E-state index is 5.44. The zero-order chi connectivity index (χ0) is 10.5.